The fraction of sp³-hybridized carbons (Fsp3) is 0.318. The number of hydrogen-bond donors (Lipinski definition) is 2. The van der Waals surface area contributed by atoms with Gasteiger partial charge in [-0.3, -0.25) is 4.79 Å². The molecule has 3 aromatic heterocycles. The normalized spacial score (nSPS) is 19.1. The van der Waals surface area contributed by atoms with E-state index in [0.717, 1.165) is 24.2 Å². The van der Waals surface area contributed by atoms with Gasteiger partial charge in [-0.2, -0.15) is 4.37 Å². The molecule has 1 aliphatic heterocycles. The number of halogens is 2. The number of benzene rings is 1. The van der Waals surface area contributed by atoms with Crippen molar-refractivity contribution in [2.75, 3.05) is 23.3 Å². The van der Waals surface area contributed by atoms with Gasteiger partial charge in [0.15, 0.2) is 11.5 Å². The highest BCUT2D eigenvalue weighted by Crippen LogP contribution is 2.34. The summed E-state index contributed by atoms with van der Waals surface area (Å²) in [6.45, 7) is 7.37. The Morgan fingerprint density at radius 2 is 1.94 bits per heavy atom. The largest absolute Gasteiger partial charge is 0.368 e. The summed E-state index contributed by atoms with van der Waals surface area (Å²) in [4.78, 5) is 19.3. The molecule has 166 valence electrons. The van der Waals surface area contributed by atoms with Crippen molar-refractivity contribution in [3.8, 4) is 0 Å². The Hall–Kier alpha value is -3.11. The van der Waals surface area contributed by atoms with E-state index in [1.54, 1.807) is 19.3 Å². The highest BCUT2D eigenvalue weighted by molar-refractivity contribution is 7.05. The van der Waals surface area contributed by atoms with Crippen LogP contribution in [0.1, 0.15) is 29.9 Å². The smallest absolute Gasteiger partial charge is 0.260 e. The summed E-state index contributed by atoms with van der Waals surface area (Å²) in [7, 11) is 0. The van der Waals surface area contributed by atoms with Crippen molar-refractivity contribution >= 4 is 45.4 Å². The molecule has 1 saturated heterocycles. The first-order valence-electron chi connectivity index (χ1n) is 10.3. The summed E-state index contributed by atoms with van der Waals surface area (Å²) in [5, 5.41) is 8.63. The van der Waals surface area contributed by atoms with Crippen molar-refractivity contribution in [1.82, 2.24) is 19.1 Å². The maximum Gasteiger partial charge on any atom is 0.260 e. The predicted molar refractivity (Wildman–Crippen MR) is 122 cm³/mol. The quantitative estimate of drug-likeness (QED) is 0.488. The maximum atomic E-state index is 15.3. The molecule has 5 rings (SSSR count). The highest BCUT2D eigenvalue weighted by Gasteiger charge is 2.27. The Morgan fingerprint density at radius 1 is 1.19 bits per heavy atom. The van der Waals surface area contributed by atoms with Crippen LogP contribution in [0.2, 0.25) is 0 Å². The van der Waals surface area contributed by atoms with Gasteiger partial charge < -0.3 is 19.9 Å². The molecule has 1 fully saturated rings. The van der Waals surface area contributed by atoms with Crippen LogP contribution in [-0.4, -0.2) is 44.8 Å². The Labute approximate surface area is 187 Å². The summed E-state index contributed by atoms with van der Waals surface area (Å²) in [6.07, 6.45) is 3.20. The van der Waals surface area contributed by atoms with Gasteiger partial charge in [-0.05, 0) is 38.4 Å². The van der Waals surface area contributed by atoms with Gasteiger partial charge in [0, 0.05) is 54.4 Å². The SMILES string of the molecule is Cc1cn2cc(NC(=O)c3c(F)cc(N4C[C@H](C)N[C@@H](C)C4)c4csnc34)cc(F)c2n1. The zero-order chi connectivity index (χ0) is 22.6. The number of nitrogens with zero attached hydrogens (tertiary/aromatic N) is 4. The van der Waals surface area contributed by atoms with E-state index in [-0.39, 0.29) is 29.0 Å². The van der Waals surface area contributed by atoms with Gasteiger partial charge in [0.05, 0.1) is 17.1 Å². The van der Waals surface area contributed by atoms with Crippen LogP contribution in [0.4, 0.5) is 20.2 Å². The first kappa shape index (κ1) is 20.8. The second kappa shape index (κ2) is 7.79. The predicted octanol–water partition coefficient (Wildman–Crippen LogP) is 3.97. The number of rotatable bonds is 3. The molecule has 1 amide bonds. The van der Waals surface area contributed by atoms with Crippen molar-refractivity contribution in [2.45, 2.75) is 32.9 Å². The molecule has 0 unspecified atom stereocenters. The van der Waals surface area contributed by atoms with Gasteiger partial charge in [-0.15, -0.1) is 0 Å². The monoisotopic (exact) mass is 456 g/mol. The molecular formula is C22H22F2N6OS. The molecule has 0 bridgehead atoms. The Kier molecular flexibility index (Phi) is 5.06. The van der Waals surface area contributed by atoms with Crippen molar-refractivity contribution in [1.29, 1.82) is 0 Å². The lowest BCUT2D eigenvalue weighted by atomic mass is 10.0. The number of anilines is 2. The van der Waals surface area contributed by atoms with Gasteiger partial charge in [0.2, 0.25) is 0 Å². The molecule has 7 nitrogen and oxygen atoms in total. The van der Waals surface area contributed by atoms with Crippen LogP contribution >= 0.6 is 11.5 Å². The molecule has 2 atom stereocenters. The fourth-order valence-corrected chi connectivity index (χ4v) is 5.11. The number of nitrogens with one attached hydrogen (secondary N) is 2. The summed E-state index contributed by atoms with van der Waals surface area (Å²) in [5.74, 6) is -1.91. The number of piperazine rings is 1. The van der Waals surface area contributed by atoms with Crippen LogP contribution in [0.3, 0.4) is 0 Å². The third kappa shape index (κ3) is 3.59. The van der Waals surface area contributed by atoms with Crippen LogP contribution < -0.4 is 15.5 Å². The van der Waals surface area contributed by atoms with Crippen molar-refractivity contribution in [3.05, 3.63) is 52.8 Å². The number of hydrogen-bond acceptors (Lipinski definition) is 6. The number of amides is 1. The molecule has 4 aromatic rings. The van der Waals surface area contributed by atoms with Gasteiger partial charge in [-0.1, -0.05) is 0 Å². The number of fused-ring (bicyclic) bond motifs is 2. The average molecular weight is 457 g/mol. The lowest BCUT2D eigenvalue weighted by Crippen LogP contribution is -2.54. The molecule has 4 heterocycles. The van der Waals surface area contributed by atoms with E-state index in [0.29, 0.717) is 11.2 Å². The number of imidazole rings is 1. The van der Waals surface area contributed by atoms with Crippen LogP contribution in [-0.2, 0) is 0 Å². The molecular weight excluding hydrogens is 434 g/mol. The Bertz CT molecular complexity index is 1340. The first-order valence-corrected chi connectivity index (χ1v) is 11.2. The number of carbonyl (C=O) groups excluding carboxylic acids is 1. The average Bonchev–Trinajstić information content (AvgIpc) is 3.32. The van der Waals surface area contributed by atoms with E-state index in [1.807, 2.05) is 5.38 Å². The maximum absolute atomic E-state index is 15.3. The van der Waals surface area contributed by atoms with E-state index in [9.17, 15) is 9.18 Å². The van der Waals surface area contributed by atoms with E-state index < -0.39 is 17.5 Å². The van der Waals surface area contributed by atoms with Gasteiger partial charge in [0.1, 0.15) is 16.9 Å². The minimum atomic E-state index is -0.678. The third-order valence-corrected chi connectivity index (χ3v) is 6.22. The Morgan fingerprint density at radius 3 is 2.69 bits per heavy atom. The summed E-state index contributed by atoms with van der Waals surface area (Å²) in [6, 6.07) is 3.08. The fourth-order valence-electron chi connectivity index (χ4n) is 4.42. The number of carbonyl (C=O) groups is 1. The van der Waals surface area contributed by atoms with Crippen molar-refractivity contribution < 1.29 is 13.6 Å². The zero-order valence-electron chi connectivity index (χ0n) is 17.8. The van der Waals surface area contributed by atoms with Crippen molar-refractivity contribution in [2.24, 2.45) is 0 Å². The summed E-state index contributed by atoms with van der Waals surface area (Å²) < 4.78 is 35.5. The standard InChI is InChI=1S/C22H22F2N6OS/c1-11-6-29(7-12(2)25-11)18-5-16(23)19(20-15(18)10-32-28-20)22(31)27-14-4-17(24)21-26-13(3)8-30(21)9-14/h4-5,8-12,25H,6-7H2,1-3H3,(H,27,31)/t11-,12-/m0/s1. The summed E-state index contributed by atoms with van der Waals surface area (Å²) in [5.41, 5.74) is 1.90. The van der Waals surface area contributed by atoms with Gasteiger partial charge in [-0.25, -0.2) is 13.8 Å². The highest BCUT2D eigenvalue weighted by atomic mass is 32.1. The summed E-state index contributed by atoms with van der Waals surface area (Å²) >= 11 is 1.17. The van der Waals surface area contributed by atoms with Crippen molar-refractivity contribution in [3.63, 3.8) is 0 Å². The topological polar surface area (TPSA) is 74.6 Å². The van der Waals surface area contributed by atoms with E-state index >= 15 is 4.39 Å². The van der Waals surface area contributed by atoms with Crippen LogP contribution in [0.15, 0.2) is 29.9 Å². The molecule has 0 saturated carbocycles. The Balaban J connectivity index is 1.51. The number of aromatic nitrogens is 3. The molecule has 0 spiro atoms. The van der Waals surface area contributed by atoms with Gasteiger partial charge in [0.25, 0.3) is 5.91 Å². The molecule has 1 aromatic carbocycles. The van der Waals surface area contributed by atoms with Crippen LogP contribution in [0, 0.1) is 18.6 Å². The second-order valence-electron chi connectivity index (χ2n) is 8.35. The molecule has 10 heteroatoms. The zero-order valence-corrected chi connectivity index (χ0v) is 18.6. The number of aryl methyl sites for hydroxylation is 1. The molecule has 2 N–H and O–H groups in total. The number of pyridine rings is 1. The molecule has 1 aliphatic rings. The van der Waals surface area contributed by atoms with Crippen LogP contribution in [0.5, 0.6) is 0 Å². The van der Waals surface area contributed by atoms with Crippen LogP contribution in [0.25, 0.3) is 16.6 Å². The van der Waals surface area contributed by atoms with Gasteiger partial charge >= 0.3 is 0 Å². The van der Waals surface area contributed by atoms with E-state index in [2.05, 4.69) is 38.7 Å². The van der Waals surface area contributed by atoms with E-state index in [1.165, 1.54) is 28.1 Å². The third-order valence-electron chi connectivity index (χ3n) is 5.59. The molecule has 0 aliphatic carbocycles. The second-order valence-corrected chi connectivity index (χ2v) is 8.98. The lowest BCUT2D eigenvalue weighted by Gasteiger charge is -2.38. The molecule has 0 radical (unpaired) electrons. The first-order chi connectivity index (χ1) is 15.3. The van der Waals surface area contributed by atoms with E-state index in [4.69, 9.17) is 0 Å². The lowest BCUT2D eigenvalue weighted by molar-refractivity contribution is 0.102. The molecule has 32 heavy (non-hydrogen) atoms. The minimum absolute atomic E-state index is 0.149. The minimum Gasteiger partial charge on any atom is -0.368 e.